The molecule has 0 aliphatic carbocycles. The van der Waals surface area contributed by atoms with Gasteiger partial charge in [0.05, 0.1) is 11.4 Å². The zero-order valence-electron chi connectivity index (χ0n) is 17.0. The zero-order valence-corrected chi connectivity index (χ0v) is 17.9. The first kappa shape index (κ1) is 20.8. The Labute approximate surface area is 178 Å². The second-order valence-corrected chi connectivity index (χ2v) is 9.72. The zero-order chi connectivity index (χ0) is 21.0. The third kappa shape index (κ3) is 4.83. The second-order valence-electron chi connectivity index (χ2n) is 7.78. The van der Waals surface area contributed by atoms with Crippen LogP contribution in [0.15, 0.2) is 59.5 Å². The Kier molecular flexibility index (Phi) is 6.36. The number of nitrogens with zero attached hydrogens (tertiary/aromatic N) is 3. The van der Waals surface area contributed by atoms with E-state index in [0.29, 0.717) is 31.1 Å². The third-order valence-electron chi connectivity index (χ3n) is 5.70. The van der Waals surface area contributed by atoms with E-state index < -0.39 is 10.0 Å². The lowest BCUT2D eigenvalue weighted by Gasteiger charge is -2.33. The Bertz CT molecular complexity index is 950. The summed E-state index contributed by atoms with van der Waals surface area (Å²) < 4.78 is 26.9. The van der Waals surface area contributed by atoms with Crippen LogP contribution in [0.2, 0.25) is 0 Å². The molecule has 7 nitrogen and oxygen atoms in total. The van der Waals surface area contributed by atoms with Crippen LogP contribution in [0.5, 0.6) is 0 Å². The van der Waals surface area contributed by atoms with E-state index in [9.17, 15) is 13.2 Å². The highest BCUT2D eigenvalue weighted by atomic mass is 32.2. The largest absolute Gasteiger partial charge is 0.372 e. The first-order valence-corrected chi connectivity index (χ1v) is 11.9. The Morgan fingerprint density at radius 3 is 2.10 bits per heavy atom. The topological polar surface area (TPSA) is 73.0 Å². The molecule has 0 bridgehead atoms. The summed E-state index contributed by atoms with van der Waals surface area (Å²) in [5.41, 5.74) is 1.98. The molecule has 4 rings (SSSR count). The van der Waals surface area contributed by atoms with Crippen LogP contribution in [0.4, 0.5) is 11.4 Å². The molecule has 0 spiro atoms. The second kappa shape index (κ2) is 9.16. The molecule has 2 heterocycles. The summed E-state index contributed by atoms with van der Waals surface area (Å²) >= 11 is 0. The molecule has 0 saturated carbocycles. The van der Waals surface area contributed by atoms with E-state index in [2.05, 4.69) is 10.2 Å². The van der Waals surface area contributed by atoms with Gasteiger partial charge >= 0.3 is 0 Å². The van der Waals surface area contributed by atoms with Gasteiger partial charge in [-0.3, -0.25) is 9.69 Å². The Balaban J connectivity index is 1.26. The summed E-state index contributed by atoms with van der Waals surface area (Å²) in [5.74, 6) is -0.0803. The predicted octanol–water partition coefficient (Wildman–Crippen LogP) is 2.23. The molecule has 2 saturated heterocycles. The molecule has 0 aromatic heterocycles. The van der Waals surface area contributed by atoms with Gasteiger partial charge in [0.2, 0.25) is 15.9 Å². The number of hydrogen-bond acceptors (Lipinski definition) is 5. The summed E-state index contributed by atoms with van der Waals surface area (Å²) in [6.07, 6.45) is 2.47. The Morgan fingerprint density at radius 2 is 1.47 bits per heavy atom. The lowest BCUT2D eigenvalue weighted by atomic mass is 10.2. The van der Waals surface area contributed by atoms with Crippen LogP contribution in [-0.4, -0.2) is 69.3 Å². The number of amides is 1. The molecular weight excluding hydrogens is 400 g/mol. The normalized spacial score (nSPS) is 18.5. The molecule has 30 heavy (non-hydrogen) atoms. The van der Waals surface area contributed by atoms with Crippen molar-refractivity contribution in [3.8, 4) is 0 Å². The highest BCUT2D eigenvalue weighted by molar-refractivity contribution is 7.89. The first-order chi connectivity index (χ1) is 14.5. The van der Waals surface area contributed by atoms with Crippen molar-refractivity contribution in [2.75, 3.05) is 56.0 Å². The Hall–Kier alpha value is -2.42. The van der Waals surface area contributed by atoms with Crippen LogP contribution in [0, 0.1) is 0 Å². The van der Waals surface area contributed by atoms with Crippen LogP contribution in [-0.2, 0) is 14.8 Å². The number of carbonyl (C=O) groups excluding carboxylic acids is 1. The van der Waals surface area contributed by atoms with Crippen molar-refractivity contribution in [2.24, 2.45) is 0 Å². The lowest BCUT2D eigenvalue weighted by Crippen LogP contribution is -2.50. The Morgan fingerprint density at radius 1 is 0.833 bits per heavy atom. The maximum atomic E-state index is 12.7. The summed E-state index contributed by atoms with van der Waals surface area (Å²) in [7, 11) is -3.47. The van der Waals surface area contributed by atoms with Crippen molar-refractivity contribution in [1.29, 1.82) is 0 Å². The van der Waals surface area contributed by atoms with Crippen molar-refractivity contribution in [3.05, 3.63) is 54.6 Å². The number of carbonyl (C=O) groups is 1. The minimum atomic E-state index is -3.47. The number of benzene rings is 2. The van der Waals surface area contributed by atoms with Gasteiger partial charge in [-0.25, -0.2) is 8.42 Å². The minimum Gasteiger partial charge on any atom is -0.372 e. The number of anilines is 2. The van der Waals surface area contributed by atoms with Crippen molar-refractivity contribution >= 4 is 27.3 Å². The van der Waals surface area contributed by atoms with E-state index in [4.69, 9.17) is 0 Å². The molecule has 1 N–H and O–H groups in total. The molecule has 2 fully saturated rings. The van der Waals surface area contributed by atoms with Crippen LogP contribution in [0.25, 0.3) is 0 Å². The van der Waals surface area contributed by atoms with E-state index in [1.807, 2.05) is 29.2 Å². The molecule has 8 heteroatoms. The van der Waals surface area contributed by atoms with E-state index in [0.717, 1.165) is 18.8 Å². The molecule has 2 aliphatic rings. The van der Waals surface area contributed by atoms with Crippen LogP contribution < -0.4 is 10.2 Å². The maximum absolute atomic E-state index is 12.7. The van der Waals surface area contributed by atoms with Crippen molar-refractivity contribution < 1.29 is 13.2 Å². The lowest BCUT2D eigenvalue weighted by molar-refractivity contribution is -0.117. The smallest absolute Gasteiger partial charge is 0.243 e. The van der Waals surface area contributed by atoms with Gasteiger partial charge in [-0.15, -0.1) is 0 Å². The molecule has 0 unspecified atom stereocenters. The van der Waals surface area contributed by atoms with Crippen LogP contribution in [0.3, 0.4) is 0 Å². The molecule has 1 amide bonds. The summed E-state index contributed by atoms with van der Waals surface area (Å²) in [6, 6.07) is 16.5. The quantitative estimate of drug-likeness (QED) is 0.764. The number of rotatable bonds is 6. The van der Waals surface area contributed by atoms with Gasteiger partial charge in [0.25, 0.3) is 0 Å². The number of hydrogen-bond donors (Lipinski definition) is 1. The monoisotopic (exact) mass is 428 g/mol. The SMILES string of the molecule is O=C(CN1CCN(S(=O)(=O)c2ccccc2)CC1)Nc1ccc(N2CCCC2)cc1. The molecule has 2 aromatic rings. The molecule has 0 radical (unpaired) electrons. The van der Waals surface area contributed by atoms with Crippen LogP contribution >= 0.6 is 0 Å². The summed E-state index contributed by atoms with van der Waals surface area (Å²) in [4.78, 5) is 17.1. The summed E-state index contributed by atoms with van der Waals surface area (Å²) in [6.45, 7) is 4.29. The van der Waals surface area contributed by atoms with Gasteiger partial charge in [0.15, 0.2) is 0 Å². The average Bonchev–Trinajstić information content (AvgIpc) is 3.30. The van der Waals surface area contributed by atoms with E-state index in [1.54, 1.807) is 30.3 Å². The van der Waals surface area contributed by atoms with Gasteiger partial charge in [0, 0.05) is 50.6 Å². The average molecular weight is 429 g/mol. The first-order valence-electron chi connectivity index (χ1n) is 10.4. The number of piperazine rings is 1. The summed E-state index contributed by atoms with van der Waals surface area (Å²) in [5, 5.41) is 2.94. The van der Waals surface area contributed by atoms with E-state index in [-0.39, 0.29) is 12.5 Å². The van der Waals surface area contributed by atoms with E-state index in [1.165, 1.54) is 22.8 Å². The molecular formula is C22H28N4O3S. The number of sulfonamides is 1. The van der Waals surface area contributed by atoms with Crippen LogP contribution in [0.1, 0.15) is 12.8 Å². The maximum Gasteiger partial charge on any atom is 0.243 e. The molecule has 0 atom stereocenters. The van der Waals surface area contributed by atoms with E-state index >= 15 is 0 Å². The van der Waals surface area contributed by atoms with Crippen molar-refractivity contribution in [2.45, 2.75) is 17.7 Å². The van der Waals surface area contributed by atoms with Gasteiger partial charge in [0.1, 0.15) is 0 Å². The van der Waals surface area contributed by atoms with Gasteiger partial charge in [-0.1, -0.05) is 18.2 Å². The third-order valence-corrected chi connectivity index (χ3v) is 7.61. The fourth-order valence-electron chi connectivity index (χ4n) is 4.00. The number of nitrogens with one attached hydrogen (secondary N) is 1. The fraction of sp³-hybridized carbons (Fsp3) is 0.409. The highest BCUT2D eigenvalue weighted by Gasteiger charge is 2.28. The van der Waals surface area contributed by atoms with Crippen molar-refractivity contribution in [1.82, 2.24) is 9.21 Å². The standard InChI is InChI=1S/C22H28N4O3S/c27-22(23-19-8-10-20(11-9-19)25-12-4-5-13-25)18-24-14-16-26(17-15-24)30(28,29)21-6-2-1-3-7-21/h1-3,6-11H,4-5,12-18H2,(H,23,27). The minimum absolute atomic E-state index is 0.0803. The van der Waals surface area contributed by atoms with Gasteiger partial charge in [-0.05, 0) is 49.2 Å². The highest BCUT2D eigenvalue weighted by Crippen LogP contribution is 2.22. The van der Waals surface area contributed by atoms with Crippen molar-refractivity contribution in [3.63, 3.8) is 0 Å². The molecule has 160 valence electrons. The fourth-order valence-corrected chi connectivity index (χ4v) is 5.45. The molecule has 2 aromatic carbocycles. The van der Waals surface area contributed by atoms with Gasteiger partial charge < -0.3 is 10.2 Å². The van der Waals surface area contributed by atoms with Gasteiger partial charge in [-0.2, -0.15) is 4.31 Å². The predicted molar refractivity (Wildman–Crippen MR) is 118 cm³/mol. The molecule has 2 aliphatic heterocycles.